The van der Waals surface area contributed by atoms with Crippen LogP contribution in [0, 0.1) is 0 Å². The Morgan fingerprint density at radius 1 is 1.10 bits per heavy atom. The largest absolute Gasteiger partial charge is 0.483 e. The molecule has 2 N–H and O–H groups in total. The molecule has 108 valence electrons. The molecule has 0 spiro atoms. The van der Waals surface area contributed by atoms with Crippen LogP contribution >= 0.6 is 27.3 Å². The summed E-state index contributed by atoms with van der Waals surface area (Å²) >= 11 is 5.14. The molecule has 2 aromatic carbocycles. The fourth-order valence-electron chi connectivity index (χ4n) is 2.29. The van der Waals surface area contributed by atoms with E-state index in [9.17, 15) is 0 Å². The third-order valence-electron chi connectivity index (χ3n) is 3.33. The second-order valence-electron chi connectivity index (χ2n) is 5.07. The Balaban J connectivity index is 1.90. The van der Waals surface area contributed by atoms with Crippen molar-refractivity contribution in [2.45, 2.75) is 19.1 Å². The van der Waals surface area contributed by atoms with Crippen molar-refractivity contribution in [3.05, 3.63) is 63.3 Å². The van der Waals surface area contributed by atoms with Crippen molar-refractivity contribution in [2.24, 2.45) is 5.73 Å². The molecule has 1 aromatic heterocycles. The molecule has 0 fully saturated rings. The lowest BCUT2D eigenvalue weighted by Gasteiger charge is -2.21. The summed E-state index contributed by atoms with van der Waals surface area (Å²) in [7, 11) is 0. The zero-order valence-electron chi connectivity index (χ0n) is 11.6. The predicted octanol–water partition coefficient (Wildman–Crippen LogP) is 5.13. The SMILES string of the molecule is CC(N)C(Oc1ccc2ccccc2c1)c1cc(Br)cs1. The van der Waals surface area contributed by atoms with Gasteiger partial charge in [0.25, 0.3) is 0 Å². The van der Waals surface area contributed by atoms with Crippen LogP contribution in [0.25, 0.3) is 10.8 Å². The summed E-state index contributed by atoms with van der Waals surface area (Å²) in [4.78, 5) is 1.13. The molecule has 0 radical (unpaired) electrons. The molecule has 1 heterocycles. The highest BCUT2D eigenvalue weighted by atomic mass is 79.9. The number of fused-ring (bicyclic) bond motifs is 1. The minimum Gasteiger partial charge on any atom is -0.483 e. The number of rotatable bonds is 4. The summed E-state index contributed by atoms with van der Waals surface area (Å²) in [5.41, 5.74) is 6.10. The molecule has 0 saturated heterocycles. The van der Waals surface area contributed by atoms with Crippen LogP contribution in [0.5, 0.6) is 5.75 Å². The van der Waals surface area contributed by atoms with Gasteiger partial charge in [-0.25, -0.2) is 0 Å². The first-order valence-electron chi connectivity index (χ1n) is 6.78. The van der Waals surface area contributed by atoms with Crippen LogP contribution in [0.1, 0.15) is 17.9 Å². The lowest BCUT2D eigenvalue weighted by molar-refractivity contribution is 0.184. The van der Waals surface area contributed by atoms with E-state index in [0.29, 0.717) is 0 Å². The van der Waals surface area contributed by atoms with Crippen LogP contribution in [0.3, 0.4) is 0 Å². The number of hydrogen-bond donors (Lipinski definition) is 1. The van der Waals surface area contributed by atoms with Crippen LogP contribution in [0.4, 0.5) is 0 Å². The van der Waals surface area contributed by atoms with E-state index in [1.165, 1.54) is 10.8 Å². The summed E-state index contributed by atoms with van der Waals surface area (Å²) in [6.45, 7) is 1.97. The Bertz CT molecular complexity index is 753. The topological polar surface area (TPSA) is 35.2 Å². The van der Waals surface area contributed by atoms with Crippen molar-refractivity contribution in [3.63, 3.8) is 0 Å². The van der Waals surface area contributed by atoms with Gasteiger partial charge < -0.3 is 10.5 Å². The van der Waals surface area contributed by atoms with E-state index >= 15 is 0 Å². The van der Waals surface area contributed by atoms with Crippen LogP contribution in [0.2, 0.25) is 0 Å². The van der Waals surface area contributed by atoms with Crippen molar-refractivity contribution in [1.82, 2.24) is 0 Å². The molecule has 0 amide bonds. The molecular weight excluding hydrogens is 346 g/mol. The second-order valence-corrected chi connectivity index (χ2v) is 6.93. The van der Waals surface area contributed by atoms with Crippen molar-refractivity contribution in [2.75, 3.05) is 0 Å². The number of halogens is 1. The fourth-order valence-corrected chi connectivity index (χ4v) is 3.88. The Labute approximate surface area is 136 Å². The molecule has 2 unspecified atom stereocenters. The summed E-state index contributed by atoms with van der Waals surface area (Å²) in [5.74, 6) is 0.848. The number of benzene rings is 2. The van der Waals surface area contributed by atoms with E-state index in [4.69, 9.17) is 10.5 Å². The smallest absolute Gasteiger partial charge is 0.148 e. The van der Waals surface area contributed by atoms with E-state index in [1.54, 1.807) is 11.3 Å². The van der Waals surface area contributed by atoms with E-state index < -0.39 is 0 Å². The van der Waals surface area contributed by atoms with Crippen LogP contribution < -0.4 is 10.5 Å². The first-order chi connectivity index (χ1) is 10.1. The van der Waals surface area contributed by atoms with Crippen LogP contribution in [-0.4, -0.2) is 6.04 Å². The average Bonchev–Trinajstić information content (AvgIpc) is 2.90. The van der Waals surface area contributed by atoms with Crippen molar-refractivity contribution in [1.29, 1.82) is 0 Å². The quantitative estimate of drug-likeness (QED) is 0.698. The summed E-state index contributed by atoms with van der Waals surface area (Å²) < 4.78 is 7.21. The Morgan fingerprint density at radius 3 is 2.52 bits per heavy atom. The van der Waals surface area contributed by atoms with Gasteiger partial charge in [-0.05, 0) is 51.8 Å². The zero-order chi connectivity index (χ0) is 14.8. The fraction of sp³-hybridized carbons (Fsp3) is 0.176. The first kappa shape index (κ1) is 14.6. The molecule has 0 aliphatic carbocycles. The third-order valence-corrected chi connectivity index (χ3v) is 5.08. The van der Waals surface area contributed by atoms with Gasteiger partial charge in [-0.1, -0.05) is 30.3 Å². The maximum Gasteiger partial charge on any atom is 0.148 e. The van der Waals surface area contributed by atoms with Crippen LogP contribution in [0.15, 0.2) is 58.4 Å². The molecule has 21 heavy (non-hydrogen) atoms. The summed E-state index contributed by atoms with van der Waals surface area (Å²) in [6, 6.07) is 16.4. The van der Waals surface area contributed by atoms with Crippen LogP contribution in [-0.2, 0) is 0 Å². The highest BCUT2D eigenvalue weighted by Crippen LogP contribution is 2.32. The van der Waals surface area contributed by atoms with Gasteiger partial charge in [0.1, 0.15) is 11.9 Å². The predicted molar refractivity (Wildman–Crippen MR) is 93.0 cm³/mol. The monoisotopic (exact) mass is 361 g/mol. The van der Waals surface area contributed by atoms with Gasteiger partial charge in [0.15, 0.2) is 0 Å². The zero-order valence-corrected chi connectivity index (χ0v) is 14.0. The Morgan fingerprint density at radius 2 is 1.86 bits per heavy atom. The molecule has 2 atom stereocenters. The maximum atomic E-state index is 6.15. The molecule has 0 saturated carbocycles. The van der Waals surface area contributed by atoms with Gasteiger partial charge in [-0.15, -0.1) is 11.3 Å². The molecule has 0 aliphatic rings. The normalized spacial score (nSPS) is 14.0. The Kier molecular flexibility index (Phi) is 4.29. The van der Waals surface area contributed by atoms with Gasteiger partial charge >= 0.3 is 0 Å². The summed E-state index contributed by atoms with van der Waals surface area (Å²) in [6.07, 6.45) is -0.137. The summed E-state index contributed by atoms with van der Waals surface area (Å²) in [5, 5.41) is 4.43. The Hall–Kier alpha value is -1.36. The van der Waals surface area contributed by atoms with Crippen molar-refractivity contribution >= 4 is 38.0 Å². The number of nitrogens with two attached hydrogens (primary N) is 1. The average molecular weight is 362 g/mol. The number of thiophene rings is 1. The van der Waals surface area contributed by atoms with E-state index in [-0.39, 0.29) is 12.1 Å². The van der Waals surface area contributed by atoms with Gasteiger partial charge in [0.2, 0.25) is 0 Å². The van der Waals surface area contributed by atoms with Gasteiger partial charge in [0, 0.05) is 20.8 Å². The lowest BCUT2D eigenvalue weighted by Crippen LogP contribution is -2.28. The van der Waals surface area contributed by atoms with Crippen molar-refractivity contribution in [3.8, 4) is 5.75 Å². The molecule has 4 heteroatoms. The highest BCUT2D eigenvalue weighted by Gasteiger charge is 2.20. The minimum atomic E-state index is -0.137. The first-order valence-corrected chi connectivity index (χ1v) is 8.46. The van der Waals surface area contributed by atoms with Gasteiger partial charge in [-0.3, -0.25) is 0 Å². The second kappa shape index (κ2) is 6.18. The van der Waals surface area contributed by atoms with Crippen molar-refractivity contribution < 1.29 is 4.74 Å². The molecular formula is C17H16BrNOS. The third kappa shape index (κ3) is 3.28. The molecule has 3 aromatic rings. The molecule has 0 bridgehead atoms. The molecule has 0 aliphatic heterocycles. The van der Waals surface area contributed by atoms with E-state index in [0.717, 1.165) is 15.1 Å². The van der Waals surface area contributed by atoms with Gasteiger partial charge in [-0.2, -0.15) is 0 Å². The molecule has 2 nitrogen and oxygen atoms in total. The van der Waals surface area contributed by atoms with E-state index in [2.05, 4.69) is 51.6 Å². The minimum absolute atomic E-state index is 0.0815. The van der Waals surface area contributed by atoms with Gasteiger partial charge in [0.05, 0.1) is 0 Å². The number of hydrogen-bond acceptors (Lipinski definition) is 3. The maximum absolute atomic E-state index is 6.15. The molecule has 3 rings (SSSR count). The highest BCUT2D eigenvalue weighted by molar-refractivity contribution is 9.10. The van der Waals surface area contributed by atoms with E-state index in [1.807, 2.05) is 25.1 Å². The lowest BCUT2D eigenvalue weighted by atomic mass is 10.1. The standard InChI is InChI=1S/C17H16BrNOS/c1-11(19)17(16-9-14(18)10-21-16)20-15-7-6-12-4-2-3-5-13(12)8-15/h2-11,17H,19H2,1H3. The number of ether oxygens (including phenoxy) is 1.